The highest BCUT2D eigenvalue weighted by Crippen LogP contribution is 2.06. The number of nitrogens with zero attached hydrogens (tertiary/aromatic N) is 3. The first kappa shape index (κ1) is 14.6. The van der Waals surface area contributed by atoms with E-state index in [1.54, 1.807) is 10.9 Å². The van der Waals surface area contributed by atoms with Crippen LogP contribution < -0.4 is 10.6 Å². The topological polar surface area (TPSA) is 71.8 Å². The number of hydrogen-bond donors (Lipinski definition) is 2. The molecule has 0 bridgehead atoms. The van der Waals surface area contributed by atoms with Gasteiger partial charge < -0.3 is 10.6 Å². The second-order valence-corrected chi connectivity index (χ2v) is 4.97. The number of rotatable bonds is 7. The maximum Gasteiger partial charge on any atom is 0.242 e. The Hall–Kier alpha value is -1.43. The summed E-state index contributed by atoms with van der Waals surface area (Å²) in [5, 5.41) is 14.1. The highest BCUT2D eigenvalue weighted by Gasteiger charge is 2.18. The van der Waals surface area contributed by atoms with E-state index in [1.807, 2.05) is 27.7 Å². The van der Waals surface area contributed by atoms with Crippen molar-refractivity contribution in [1.29, 1.82) is 0 Å². The zero-order valence-electron chi connectivity index (χ0n) is 11.7. The van der Waals surface area contributed by atoms with E-state index in [1.165, 1.54) is 0 Å². The van der Waals surface area contributed by atoms with Gasteiger partial charge in [0.25, 0.3) is 0 Å². The van der Waals surface area contributed by atoms with Crippen LogP contribution in [0.2, 0.25) is 0 Å². The average molecular weight is 253 g/mol. The Kier molecular flexibility index (Phi) is 5.27. The Morgan fingerprint density at radius 3 is 2.78 bits per heavy atom. The molecule has 0 fully saturated rings. The fourth-order valence-corrected chi connectivity index (χ4v) is 1.40. The van der Waals surface area contributed by atoms with Gasteiger partial charge in [-0.25, -0.2) is 4.68 Å². The predicted octanol–water partition coefficient (Wildman–Crippen LogP) is 0.692. The lowest BCUT2D eigenvalue weighted by Gasteiger charge is -2.24. The third-order valence-corrected chi connectivity index (χ3v) is 2.81. The van der Waals surface area contributed by atoms with E-state index >= 15 is 0 Å². The first-order chi connectivity index (χ1) is 8.46. The molecule has 6 nitrogen and oxygen atoms in total. The molecule has 2 N–H and O–H groups in total. The lowest BCUT2D eigenvalue weighted by atomic mass is 10.0. The molecule has 0 saturated heterocycles. The zero-order chi connectivity index (χ0) is 13.6. The molecular weight excluding hydrogens is 230 g/mol. The van der Waals surface area contributed by atoms with Crippen LogP contribution in [0.15, 0.2) is 6.20 Å². The highest BCUT2D eigenvalue weighted by atomic mass is 16.2. The van der Waals surface area contributed by atoms with E-state index in [0.29, 0.717) is 6.54 Å². The number of hydrogen-bond acceptors (Lipinski definition) is 4. The molecule has 0 atom stereocenters. The fourth-order valence-electron chi connectivity index (χ4n) is 1.40. The molecule has 6 heteroatoms. The molecule has 0 aromatic carbocycles. The fraction of sp³-hybridized carbons (Fsp3) is 0.750. The lowest BCUT2D eigenvalue weighted by Crippen LogP contribution is -2.44. The molecule has 0 aliphatic rings. The minimum absolute atomic E-state index is 0.0400. The SMILES string of the molecule is CCNCc1cn(CC(=O)NC(C)(C)CC)nn1. The van der Waals surface area contributed by atoms with Gasteiger partial charge in [0.1, 0.15) is 6.54 Å². The van der Waals surface area contributed by atoms with Gasteiger partial charge in [0, 0.05) is 12.1 Å². The third kappa shape index (κ3) is 4.83. The molecule has 0 aliphatic carbocycles. The Balaban J connectivity index is 2.47. The second kappa shape index (κ2) is 6.49. The molecule has 0 unspecified atom stereocenters. The summed E-state index contributed by atoms with van der Waals surface area (Å²) >= 11 is 0. The maximum absolute atomic E-state index is 11.8. The maximum atomic E-state index is 11.8. The van der Waals surface area contributed by atoms with E-state index in [4.69, 9.17) is 0 Å². The lowest BCUT2D eigenvalue weighted by molar-refractivity contribution is -0.123. The van der Waals surface area contributed by atoms with Crippen LogP contribution in [0.1, 0.15) is 39.8 Å². The van der Waals surface area contributed by atoms with Crippen molar-refractivity contribution >= 4 is 5.91 Å². The van der Waals surface area contributed by atoms with Gasteiger partial charge in [-0.3, -0.25) is 4.79 Å². The van der Waals surface area contributed by atoms with Crippen molar-refractivity contribution in [3.8, 4) is 0 Å². The average Bonchev–Trinajstić information content (AvgIpc) is 2.73. The van der Waals surface area contributed by atoms with Gasteiger partial charge in [-0.2, -0.15) is 0 Å². The molecule has 1 heterocycles. The van der Waals surface area contributed by atoms with Crippen LogP contribution in [0.3, 0.4) is 0 Å². The quantitative estimate of drug-likeness (QED) is 0.750. The van der Waals surface area contributed by atoms with E-state index in [2.05, 4.69) is 20.9 Å². The van der Waals surface area contributed by atoms with E-state index in [9.17, 15) is 4.79 Å². The van der Waals surface area contributed by atoms with Gasteiger partial charge in [0.2, 0.25) is 5.91 Å². The molecule has 0 saturated carbocycles. The Labute approximate surface area is 108 Å². The van der Waals surface area contributed by atoms with Gasteiger partial charge in [0.05, 0.1) is 11.9 Å². The Morgan fingerprint density at radius 2 is 2.17 bits per heavy atom. The summed E-state index contributed by atoms with van der Waals surface area (Å²) < 4.78 is 1.56. The van der Waals surface area contributed by atoms with Crippen molar-refractivity contribution in [2.45, 2.75) is 52.7 Å². The Morgan fingerprint density at radius 1 is 1.44 bits per heavy atom. The smallest absolute Gasteiger partial charge is 0.242 e. The number of nitrogens with one attached hydrogen (secondary N) is 2. The van der Waals surface area contributed by atoms with Gasteiger partial charge in [-0.05, 0) is 26.8 Å². The molecule has 102 valence electrons. The molecule has 18 heavy (non-hydrogen) atoms. The summed E-state index contributed by atoms with van der Waals surface area (Å²) in [7, 11) is 0. The number of carbonyl (C=O) groups excluding carboxylic acids is 1. The number of aromatic nitrogens is 3. The highest BCUT2D eigenvalue weighted by molar-refractivity contribution is 5.76. The van der Waals surface area contributed by atoms with Gasteiger partial charge in [0.15, 0.2) is 0 Å². The summed E-state index contributed by atoms with van der Waals surface area (Å²) in [4.78, 5) is 11.8. The van der Waals surface area contributed by atoms with Crippen LogP contribution in [0.5, 0.6) is 0 Å². The van der Waals surface area contributed by atoms with E-state index < -0.39 is 0 Å². The number of amides is 1. The van der Waals surface area contributed by atoms with E-state index in [-0.39, 0.29) is 18.0 Å². The van der Waals surface area contributed by atoms with Gasteiger partial charge in [-0.15, -0.1) is 5.10 Å². The van der Waals surface area contributed by atoms with Crippen molar-refractivity contribution in [2.75, 3.05) is 6.54 Å². The summed E-state index contributed by atoms with van der Waals surface area (Å²) in [5.74, 6) is -0.0400. The first-order valence-corrected chi connectivity index (χ1v) is 6.37. The van der Waals surface area contributed by atoms with Crippen LogP contribution in [0.25, 0.3) is 0 Å². The molecular formula is C12H23N5O. The van der Waals surface area contributed by atoms with Crippen molar-refractivity contribution in [3.63, 3.8) is 0 Å². The standard InChI is InChI=1S/C12H23N5O/c1-5-12(3,4)14-11(18)9-17-8-10(15-16-17)7-13-6-2/h8,13H,5-7,9H2,1-4H3,(H,14,18). The van der Waals surface area contributed by atoms with Crippen molar-refractivity contribution in [3.05, 3.63) is 11.9 Å². The van der Waals surface area contributed by atoms with Crippen LogP contribution in [0, 0.1) is 0 Å². The second-order valence-electron chi connectivity index (χ2n) is 4.97. The van der Waals surface area contributed by atoms with Gasteiger partial charge in [-0.1, -0.05) is 19.1 Å². The first-order valence-electron chi connectivity index (χ1n) is 6.37. The zero-order valence-corrected chi connectivity index (χ0v) is 11.7. The summed E-state index contributed by atoms with van der Waals surface area (Å²) in [6, 6.07) is 0. The van der Waals surface area contributed by atoms with Gasteiger partial charge >= 0.3 is 0 Å². The molecule has 1 amide bonds. The van der Waals surface area contributed by atoms with E-state index in [0.717, 1.165) is 18.7 Å². The van der Waals surface area contributed by atoms with Crippen molar-refractivity contribution in [1.82, 2.24) is 25.6 Å². The van der Waals surface area contributed by atoms with Crippen LogP contribution in [0.4, 0.5) is 0 Å². The van der Waals surface area contributed by atoms with Crippen LogP contribution in [-0.2, 0) is 17.9 Å². The van der Waals surface area contributed by atoms with Crippen LogP contribution >= 0.6 is 0 Å². The molecule has 1 rings (SSSR count). The predicted molar refractivity (Wildman–Crippen MR) is 69.9 cm³/mol. The summed E-state index contributed by atoms with van der Waals surface area (Å²) in [6.45, 7) is 9.86. The summed E-state index contributed by atoms with van der Waals surface area (Å²) in [5.41, 5.74) is 0.670. The minimum Gasteiger partial charge on any atom is -0.350 e. The molecule has 1 aromatic heterocycles. The largest absolute Gasteiger partial charge is 0.350 e. The monoisotopic (exact) mass is 253 g/mol. The van der Waals surface area contributed by atoms with Crippen molar-refractivity contribution in [2.24, 2.45) is 0 Å². The normalized spacial score (nSPS) is 11.6. The van der Waals surface area contributed by atoms with Crippen LogP contribution in [-0.4, -0.2) is 33.0 Å². The molecule has 0 radical (unpaired) electrons. The minimum atomic E-state index is -0.176. The third-order valence-electron chi connectivity index (χ3n) is 2.81. The summed E-state index contributed by atoms with van der Waals surface area (Å²) in [6.07, 6.45) is 2.68. The molecule has 0 aliphatic heterocycles. The molecule has 0 spiro atoms. The number of carbonyl (C=O) groups is 1. The Bertz CT molecular complexity index is 386. The molecule has 1 aromatic rings. The van der Waals surface area contributed by atoms with Crippen molar-refractivity contribution < 1.29 is 4.79 Å².